The van der Waals surface area contributed by atoms with E-state index in [0.717, 1.165) is 11.1 Å². The van der Waals surface area contributed by atoms with Crippen molar-refractivity contribution in [2.75, 3.05) is 18.8 Å². The molecule has 1 heterocycles. The third kappa shape index (κ3) is 3.18. The third-order valence-electron chi connectivity index (χ3n) is 3.31. The van der Waals surface area contributed by atoms with Gasteiger partial charge in [0.2, 0.25) is 0 Å². The highest BCUT2D eigenvalue weighted by molar-refractivity contribution is 7.15. The van der Waals surface area contributed by atoms with Gasteiger partial charge >= 0.3 is 0 Å². The third-order valence-corrected chi connectivity index (χ3v) is 4.66. The Morgan fingerprint density at radius 2 is 1.90 bits per heavy atom. The number of halogens is 2. The molecular formula is C15H16Cl2N2OS. The van der Waals surface area contributed by atoms with Gasteiger partial charge in [0.15, 0.2) is 0 Å². The first-order chi connectivity index (χ1) is 9.99. The van der Waals surface area contributed by atoms with Gasteiger partial charge in [-0.2, -0.15) is 0 Å². The number of thiophene rings is 1. The van der Waals surface area contributed by atoms with Crippen LogP contribution in [0.5, 0.6) is 0 Å². The zero-order chi connectivity index (χ0) is 15.6. The van der Waals surface area contributed by atoms with E-state index in [1.54, 1.807) is 17.0 Å². The predicted molar refractivity (Wildman–Crippen MR) is 91.4 cm³/mol. The molecule has 0 bridgehead atoms. The minimum Gasteiger partial charge on any atom is -0.390 e. The van der Waals surface area contributed by atoms with Crippen LogP contribution in [0.1, 0.15) is 24.2 Å². The molecule has 0 fully saturated rings. The van der Waals surface area contributed by atoms with Crippen LogP contribution in [0.3, 0.4) is 0 Å². The molecule has 0 saturated heterocycles. The Morgan fingerprint density at radius 1 is 1.24 bits per heavy atom. The van der Waals surface area contributed by atoms with Crippen LogP contribution in [-0.2, 0) is 0 Å². The van der Waals surface area contributed by atoms with Gasteiger partial charge < -0.3 is 10.6 Å². The second-order valence-electron chi connectivity index (χ2n) is 4.49. The Labute approximate surface area is 138 Å². The first-order valence-corrected chi connectivity index (χ1v) is 8.24. The number of amides is 1. The largest absolute Gasteiger partial charge is 0.390 e. The van der Waals surface area contributed by atoms with Crippen LogP contribution in [0.4, 0.5) is 5.00 Å². The molecule has 2 N–H and O–H groups in total. The topological polar surface area (TPSA) is 46.3 Å². The fraction of sp³-hybridized carbons (Fsp3) is 0.267. The van der Waals surface area contributed by atoms with Gasteiger partial charge in [-0.3, -0.25) is 4.79 Å². The first kappa shape index (κ1) is 16.1. The van der Waals surface area contributed by atoms with Gasteiger partial charge in [-0.1, -0.05) is 29.3 Å². The normalized spacial score (nSPS) is 10.7. The maximum Gasteiger partial charge on any atom is 0.257 e. The van der Waals surface area contributed by atoms with E-state index in [1.807, 2.05) is 25.3 Å². The molecule has 0 aliphatic rings. The molecule has 0 atom stereocenters. The average Bonchev–Trinajstić information content (AvgIpc) is 2.81. The molecule has 2 rings (SSSR count). The standard InChI is InChI=1S/C15H16Cl2N2OS/c1-3-19(4-2)15(20)13-11(8-21-14(13)18)10-6-5-9(16)7-12(10)17/h5-8H,3-4,18H2,1-2H3. The maximum atomic E-state index is 12.6. The van der Waals surface area contributed by atoms with Crippen molar-refractivity contribution in [3.8, 4) is 11.1 Å². The van der Waals surface area contributed by atoms with E-state index in [9.17, 15) is 4.79 Å². The summed E-state index contributed by atoms with van der Waals surface area (Å²) < 4.78 is 0. The lowest BCUT2D eigenvalue weighted by atomic mass is 10.0. The Morgan fingerprint density at radius 3 is 2.48 bits per heavy atom. The molecule has 0 saturated carbocycles. The van der Waals surface area contributed by atoms with Gasteiger partial charge in [0.1, 0.15) is 0 Å². The van der Waals surface area contributed by atoms with Gasteiger partial charge in [-0.05, 0) is 26.0 Å². The van der Waals surface area contributed by atoms with Crippen molar-refractivity contribution < 1.29 is 4.79 Å². The zero-order valence-electron chi connectivity index (χ0n) is 11.8. The number of nitrogen functional groups attached to an aromatic ring is 1. The molecule has 3 nitrogen and oxygen atoms in total. The Bertz CT molecular complexity index is 666. The highest BCUT2D eigenvalue weighted by Crippen LogP contribution is 2.38. The summed E-state index contributed by atoms with van der Waals surface area (Å²) in [5.41, 5.74) is 8.06. The second-order valence-corrected chi connectivity index (χ2v) is 6.25. The molecule has 1 amide bonds. The lowest BCUT2D eigenvalue weighted by Gasteiger charge is -2.19. The molecule has 0 aliphatic carbocycles. The van der Waals surface area contributed by atoms with E-state index < -0.39 is 0 Å². The molecule has 0 unspecified atom stereocenters. The van der Waals surface area contributed by atoms with Crippen LogP contribution in [0, 0.1) is 0 Å². The van der Waals surface area contributed by atoms with Crippen LogP contribution < -0.4 is 5.73 Å². The Balaban J connectivity index is 2.54. The summed E-state index contributed by atoms with van der Waals surface area (Å²) >= 11 is 13.5. The smallest absolute Gasteiger partial charge is 0.257 e. The van der Waals surface area contributed by atoms with Crippen LogP contribution in [-0.4, -0.2) is 23.9 Å². The number of nitrogens with two attached hydrogens (primary N) is 1. The number of carbonyl (C=O) groups is 1. The average molecular weight is 343 g/mol. The van der Waals surface area contributed by atoms with E-state index in [-0.39, 0.29) is 5.91 Å². The summed E-state index contributed by atoms with van der Waals surface area (Å²) in [7, 11) is 0. The predicted octanol–water partition coefficient (Wildman–Crippen LogP) is 4.79. The fourth-order valence-electron chi connectivity index (χ4n) is 2.17. The van der Waals surface area contributed by atoms with Gasteiger partial charge in [-0.15, -0.1) is 11.3 Å². The monoisotopic (exact) mass is 342 g/mol. The number of hydrogen-bond donors (Lipinski definition) is 1. The summed E-state index contributed by atoms with van der Waals surface area (Å²) in [6.45, 7) is 5.16. The van der Waals surface area contributed by atoms with Gasteiger partial charge in [0, 0.05) is 39.6 Å². The maximum absolute atomic E-state index is 12.6. The zero-order valence-corrected chi connectivity index (χ0v) is 14.1. The SMILES string of the molecule is CCN(CC)C(=O)c1c(-c2ccc(Cl)cc2Cl)csc1N. The molecule has 2 aromatic rings. The molecule has 0 spiro atoms. The Hall–Kier alpha value is -1.23. The second kappa shape index (κ2) is 6.69. The lowest BCUT2D eigenvalue weighted by molar-refractivity contribution is 0.0775. The molecule has 0 aliphatic heterocycles. The van der Waals surface area contributed by atoms with E-state index in [4.69, 9.17) is 28.9 Å². The highest BCUT2D eigenvalue weighted by Gasteiger charge is 2.23. The molecule has 21 heavy (non-hydrogen) atoms. The van der Waals surface area contributed by atoms with E-state index >= 15 is 0 Å². The van der Waals surface area contributed by atoms with Crippen molar-refractivity contribution in [3.05, 3.63) is 39.2 Å². The number of carbonyl (C=O) groups excluding carboxylic acids is 1. The highest BCUT2D eigenvalue weighted by atomic mass is 35.5. The van der Waals surface area contributed by atoms with Crippen molar-refractivity contribution in [2.24, 2.45) is 0 Å². The van der Waals surface area contributed by atoms with Crippen molar-refractivity contribution in [2.45, 2.75) is 13.8 Å². The lowest BCUT2D eigenvalue weighted by Crippen LogP contribution is -2.31. The molecule has 6 heteroatoms. The molecular weight excluding hydrogens is 327 g/mol. The molecule has 1 aromatic heterocycles. The summed E-state index contributed by atoms with van der Waals surface area (Å²) in [5, 5.41) is 3.44. The van der Waals surface area contributed by atoms with Crippen LogP contribution in [0.25, 0.3) is 11.1 Å². The van der Waals surface area contributed by atoms with Crippen molar-refractivity contribution in [3.63, 3.8) is 0 Å². The minimum atomic E-state index is -0.0697. The minimum absolute atomic E-state index is 0.0697. The quantitative estimate of drug-likeness (QED) is 0.868. The van der Waals surface area contributed by atoms with Crippen LogP contribution in [0.15, 0.2) is 23.6 Å². The molecule has 0 radical (unpaired) electrons. The summed E-state index contributed by atoms with van der Waals surface area (Å²) in [6.07, 6.45) is 0. The van der Waals surface area contributed by atoms with Gasteiger partial charge in [0.05, 0.1) is 10.6 Å². The van der Waals surface area contributed by atoms with Gasteiger partial charge in [-0.25, -0.2) is 0 Å². The first-order valence-electron chi connectivity index (χ1n) is 6.61. The van der Waals surface area contributed by atoms with Crippen molar-refractivity contribution in [1.29, 1.82) is 0 Å². The fourth-order valence-corrected chi connectivity index (χ4v) is 3.48. The molecule has 1 aromatic carbocycles. The Kier molecular flexibility index (Phi) is 5.14. The van der Waals surface area contributed by atoms with Crippen molar-refractivity contribution in [1.82, 2.24) is 4.90 Å². The van der Waals surface area contributed by atoms with E-state index in [0.29, 0.717) is 33.7 Å². The van der Waals surface area contributed by atoms with Crippen molar-refractivity contribution >= 4 is 45.4 Å². The number of nitrogens with zero attached hydrogens (tertiary/aromatic N) is 1. The van der Waals surface area contributed by atoms with E-state index in [2.05, 4.69) is 0 Å². The van der Waals surface area contributed by atoms with Crippen LogP contribution in [0.2, 0.25) is 10.0 Å². The summed E-state index contributed by atoms with van der Waals surface area (Å²) in [6, 6.07) is 5.23. The van der Waals surface area contributed by atoms with Crippen LogP contribution >= 0.6 is 34.5 Å². The number of anilines is 1. The number of hydrogen-bond acceptors (Lipinski definition) is 3. The summed E-state index contributed by atoms with van der Waals surface area (Å²) in [4.78, 5) is 14.4. The molecule has 112 valence electrons. The summed E-state index contributed by atoms with van der Waals surface area (Å²) in [5.74, 6) is -0.0697. The number of benzene rings is 1. The number of rotatable bonds is 4. The van der Waals surface area contributed by atoms with E-state index in [1.165, 1.54) is 11.3 Å². The van der Waals surface area contributed by atoms with Gasteiger partial charge in [0.25, 0.3) is 5.91 Å².